The second kappa shape index (κ2) is 7.49. The van der Waals surface area contributed by atoms with E-state index in [-0.39, 0.29) is 6.61 Å². The van der Waals surface area contributed by atoms with Crippen molar-refractivity contribution in [3.05, 3.63) is 71.8 Å². The second-order valence-electron chi connectivity index (χ2n) is 5.70. The molecule has 25 heavy (non-hydrogen) atoms. The van der Waals surface area contributed by atoms with E-state index < -0.39 is 23.6 Å². The van der Waals surface area contributed by atoms with E-state index in [2.05, 4.69) is 0 Å². The molecule has 2 aromatic carbocycles. The smallest absolute Gasteiger partial charge is 0.348 e. The third-order valence-corrected chi connectivity index (χ3v) is 4.15. The standard InChI is InChI=1S/C20H20O5/c1-2-24-20(15-9-5-3-6-10-15,16-11-7-4-8-12-16)19(22)25-17-13-14-23-18(17)21/h3-12,17H,2,13-14H2,1H3/t17-/m1/s1. The zero-order valence-corrected chi connectivity index (χ0v) is 14.0. The highest BCUT2D eigenvalue weighted by molar-refractivity contribution is 5.88. The van der Waals surface area contributed by atoms with Gasteiger partial charge in [0.05, 0.1) is 6.61 Å². The molecule has 1 fully saturated rings. The topological polar surface area (TPSA) is 61.8 Å². The quantitative estimate of drug-likeness (QED) is 0.757. The Kier molecular flexibility index (Phi) is 5.14. The van der Waals surface area contributed by atoms with Crippen LogP contribution in [0.5, 0.6) is 0 Å². The van der Waals surface area contributed by atoms with Crippen molar-refractivity contribution in [2.24, 2.45) is 0 Å². The van der Waals surface area contributed by atoms with Crippen LogP contribution < -0.4 is 0 Å². The molecule has 5 heteroatoms. The molecule has 0 aromatic heterocycles. The molecular weight excluding hydrogens is 320 g/mol. The van der Waals surface area contributed by atoms with E-state index in [9.17, 15) is 9.59 Å². The van der Waals surface area contributed by atoms with Crippen molar-refractivity contribution in [2.75, 3.05) is 13.2 Å². The maximum atomic E-state index is 13.2. The largest absolute Gasteiger partial charge is 0.463 e. The lowest BCUT2D eigenvalue weighted by Crippen LogP contribution is -2.43. The minimum Gasteiger partial charge on any atom is -0.463 e. The van der Waals surface area contributed by atoms with Gasteiger partial charge in [0, 0.05) is 13.0 Å². The molecule has 1 heterocycles. The number of esters is 2. The van der Waals surface area contributed by atoms with Gasteiger partial charge in [-0.3, -0.25) is 0 Å². The molecule has 0 spiro atoms. The van der Waals surface area contributed by atoms with Gasteiger partial charge in [0.1, 0.15) is 0 Å². The Morgan fingerprint density at radius 1 is 1.08 bits per heavy atom. The van der Waals surface area contributed by atoms with E-state index in [4.69, 9.17) is 14.2 Å². The van der Waals surface area contributed by atoms with Crippen molar-refractivity contribution < 1.29 is 23.8 Å². The molecule has 1 atom stereocenters. The number of hydrogen-bond acceptors (Lipinski definition) is 5. The number of rotatable bonds is 6. The van der Waals surface area contributed by atoms with Gasteiger partial charge in [-0.15, -0.1) is 0 Å². The summed E-state index contributed by atoms with van der Waals surface area (Å²) in [7, 11) is 0. The van der Waals surface area contributed by atoms with Crippen LogP contribution in [-0.2, 0) is 29.4 Å². The van der Waals surface area contributed by atoms with Crippen molar-refractivity contribution in [3.63, 3.8) is 0 Å². The summed E-state index contributed by atoms with van der Waals surface area (Å²) in [4.78, 5) is 24.9. The highest BCUT2D eigenvalue weighted by atomic mass is 16.6. The van der Waals surface area contributed by atoms with Crippen molar-refractivity contribution in [3.8, 4) is 0 Å². The second-order valence-corrected chi connectivity index (χ2v) is 5.70. The Labute approximate surface area is 146 Å². The number of ether oxygens (including phenoxy) is 3. The van der Waals surface area contributed by atoms with Gasteiger partial charge in [-0.1, -0.05) is 60.7 Å². The molecule has 3 rings (SSSR count). The normalized spacial score (nSPS) is 17.2. The highest BCUT2D eigenvalue weighted by Crippen LogP contribution is 2.36. The molecule has 0 amide bonds. The van der Waals surface area contributed by atoms with E-state index in [1.807, 2.05) is 67.6 Å². The van der Waals surface area contributed by atoms with Gasteiger partial charge in [-0.05, 0) is 18.1 Å². The summed E-state index contributed by atoms with van der Waals surface area (Å²) in [6.45, 7) is 2.38. The third kappa shape index (κ3) is 3.28. The van der Waals surface area contributed by atoms with E-state index in [0.29, 0.717) is 24.2 Å². The van der Waals surface area contributed by atoms with E-state index in [1.165, 1.54) is 0 Å². The van der Waals surface area contributed by atoms with Gasteiger partial charge in [0.25, 0.3) is 0 Å². The van der Waals surface area contributed by atoms with Crippen LogP contribution in [0.4, 0.5) is 0 Å². The third-order valence-electron chi connectivity index (χ3n) is 4.15. The van der Waals surface area contributed by atoms with E-state index in [1.54, 1.807) is 0 Å². The fourth-order valence-corrected chi connectivity index (χ4v) is 2.99. The lowest BCUT2D eigenvalue weighted by atomic mass is 9.86. The van der Waals surface area contributed by atoms with Crippen molar-refractivity contribution in [1.82, 2.24) is 0 Å². The van der Waals surface area contributed by atoms with Gasteiger partial charge < -0.3 is 14.2 Å². The predicted octanol–water partition coefficient (Wildman–Crippen LogP) is 2.83. The van der Waals surface area contributed by atoms with Crippen molar-refractivity contribution in [1.29, 1.82) is 0 Å². The Hall–Kier alpha value is -2.66. The Bertz CT molecular complexity index is 687. The molecule has 130 valence electrons. The summed E-state index contributed by atoms with van der Waals surface area (Å²) in [5.74, 6) is -1.13. The van der Waals surface area contributed by atoms with Crippen LogP contribution in [0.1, 0.15) is 24.5 Å². The minimum absolute atomic E-state index is 0.259. The summed E-state index contributed by atoms with van der Waals surface area (Å²) < 4.78 is 16.4. The van der Waals surface area contributed by atoms with Gasteiger partial charge in [-0.2, -0.15) is 0 Å². The Morgan fingerprint density at radius 2 is 1.64 bits per heavy atom. The molecule has 0 aliphatic carbocycles. The maximum absolute atomic E-state index is 13.2. The fourth-order valence-electron chi connectivity index (χ4n) is 2.99. The van der Waals surface area contributed by atoms with Gasteiger partial charge in [0.15, 0.2) is 0 Å². The van der Waals surface area contributed by atoms with Crippen LogP contribution in [0, 0.1) is 0 Å². The first kappa shape index (κ1) is 17.2. The molecular formula is C20H20O5. The van der Waals surface area contributed by atoms with Crippen LogP contribution in [0.2, 0.25) is 0 Å². The van der Waals surface area contributed by atoms with Crippen LogP contribution in [0.25, 0.3) is 0 Å². The average Bonchev–Trinajstić information content (AvgIpc) is 3.06. The van der Waals surface area contributed by atoms with Gasteiger partial charge in [-0.25, -0.2) is 9.59 Å². The summed E-state index contributed by atoms with van der Waals surface area (Å²) in [5, 5.41) is 0. The molecule has 1 aliphatic heterocycles. The number of carbonyl (C=O) groups is 2. The monoisotopic (exact) mass is 340 g/mol. The van der Waals surface area contributed by atoms with Crippen LogP contribution in [0.3, 0.4) is 0 Å². The zero-order valence-electron chi connectivity index (χ0n) is 14.0. The average molecular weight is 340 g/mol. The van der Waals surface area contributed by atoms with Gasteiger partial charge in [0.2, 0.25) is 11.7 Å². The SMILES string of the molecule is CCOC(C(=O)O[C@@H]1CCOC1=O)(c1ccccc1)c1ccccc1. The minimum atomic E-state index is -1.43. The number of carbonyl (C=O) groups excluding carboxylic acids is 2. The molecule has 0 unspecified atom stereocenters. The molecule has 0 saturated carbocycles. The number of benzene rings is 2. The van der Waals surface area contributed by atoms with E-state index in [0.717, 1.165) is 0 Å². The fraction of sp³-hybridized carbons (Fsp3) is 0.300. The summed E-state index contributed by atoms with van der Waals surface area (Å²) in [5.41, 5.74) is -0.126. The highest BCUT2D eigenvalue weighted by Gasteiger charge is 2.47. The molecule has 0 bridgehead atoms. The first-order valence-corrected chi connectivity index (χ1v) is 8.31. The molecule has 2 aromatic rings. The molecule has 1 saturated heterocycles. The summed E-state index contributed by atoms with van der Waals surface area (Å²) >= 11 is 0. The summed E-state index contributed by atoms with van der Waals surface area (Å²) in [6, 6.07) is 18.3. The first-order chi connectivity index (χ1) is 12.2. The van der Waals surface area contributed by atoms with Crippen LogP contribution in [-0.4, -0.2) is 31.3 Å². The number of hydrogen-bond donors (Lipinski definition) is 0. The molecule has 1 aliphatic rings. The molecule has 5 nitrogen and oxygen atoms in total. The number of cyclic esters (lactones) is 1. The Balaban J connectivity index is 2.06. The van der Waals surface area contributed by atoms with Crippen molar-refractivity contribution in [2.45, 2.75) is 25.0 Å². The lowest BCUT2D eigenvalue weighted by molar-refractivity contribution is -0.177. The maximum Gasteiger partial charge on any atom is 0.348 e. The van der Waals surface area contributed by atoms with E-state index >= 15 is 0 Å². The predicted molar refractivity (Wildman–Crippen MR) is 90.7 cm³/mol. The summed E-state index contributed by atoms with van der Waals surface area (Å²) in [6.07, 6.45) is -0.532. The molecule has 0 radical (unpaired) electrons. The first-order valence-electron chi connectivity index (χ1n) is 8.31. The van der Waals surface area contributed by atoms with Gasteiger partial charge >= 0.3 is 11.9 Å². The molecule has 0 N–H and O–H groups in total. The lowest BCUT2D eigenvalue weighted by Gasteiger charge is -2.32. The zero-order chi connectivity index (χ0) is 17.7. The van der Waals surface area contributed by atoms with Crippen LogP contribution >= 0.6 is 0 Å². The van der Waals surface area contributed by atoms with Crippen LogP contribution in [0.15, 0.2) is 60.7 Å². The Morgan fingerprint density at radius 3 is 2.08 bits per heavy atom. The van der Waals surface area contributed by atoms with Crippen molar-refractivity contribution >= 4 is 11.9 Å².